The average molecular weight is 304 g/mol. The summed E-state index contributed by atoms with van der Waals surface area (Å²) in [7, 11) is 0. The first-order valence-corrected chi connectivity index (χ1v) is 8.25. The van der Waals surface area contributed by atoms with Gasteiger partial charge in [0.1, 0.15) is 0 Å². The smallest absolute Gasteiger partial charge is 0.0158 e. The highest BCUT2D eigenvalue weighted by molar-refractivity contribution is 5.88. The number of hydrogen-bond acceptors (Lipinski definition) is 0. The van der Waals surface area contributed by atoms with Gasteiger partial charge in [-0.15, -0.1) is 0 Å². The van der Waals surface area contributed by atoms with Crippen LogP contribution < -0.4 is 0 Å². The van der Waals surface area contributed by atoms with Crippen LogP contribution in [0.4, 0.5) is 0 Å². The molecule has 0 aliphatic rings. The third-order valence-electron chi connectivity index (χ3n) is 5.08. The molecule has 2 aromatic rings. The molecule has 120 valence electrons. The summed E-state index contributed by atoms with van der Waals surface area (Å²) < 4.78 is 0. The van der Waals surface area contributed by atoms with E-state index in [4.69, 9.17) is 0 Å². The van der Waals surface area contributed by atoms with Gasteiger partial charge in [0.05, 0.1) is 0 Å². The predicted octanol–water partition coefficient (Wildman–Crippen LogP) is 6.74. The summed E-state index contributed by atoms with van der Waals surface area (Å²) in [4.78, 5) is 0. The van der Waals surface area contributed by atoms with E-state index in [1.165, 1.54) is 50.1 Å². The second-order valence-electron chi connectivity index (χ2n) is 6.78. The van der Waals surface area contributed by atoms with Crippen LogP contribution in [-0.4, -0.2) is 0 Å². The van der Waals surface area contributed by atoms with Crippen molar-refractivity contribution in [3.05, 3.63) is 81.4 Å². The highest BCUT2D eigenvalue weighted by Gasteiger charge is 2.10. The molecule has 23 heavy (non-hydrogen) atoms. The van der Waals surface area contributed by atoms with Gasteiger partial charge in [-0.2, -0.15) is 0 Å². The molecule has 0 aliphatic heterocycles. The number of rotatable bonds is 3. The predicted molar refractivity (Wildman–Crippen MR) is 104 cm³/mol. The molecule has 2 rings (SSSR count). The average Bonchev–Trinajstić information content (AvgIpc) is 2.50. The van der Waals surface area contributed by atoms with Crippen LogP contribution in [-0.2, 0) is 0 Å². The maximum Gasteiger partial charge on any atom is -0.0158 e. The second kappa shape index (κ2) is 6.58. The molecule has 0 unspecified atom stereocenters. The molecule has 0 N–H and O–H groups in total. The summed E-state index contributed by atoms with van der Waals surface area (Å²) in [5.74, 6) is 0. The molecule has 0 aliphatic carbocycles. The van der Waals surface area contributed by atoms with Crippen LogP contribution in [0.25, 0.3) is 11.1 Å². The molecule has 0 fully saturated rings. The van der Waals surface area contributed by atoms with E-state index < -0.39 is 0 Å². The molecular weight excluding hydrogens is 276 g/mol. The number of benzene rings is 2. The quantitative estimate of drug-likeness (QED) is 0.551. The molecule has 0 nitrogen and oxygen atoms in total. The number of allylic oxidation sites excluding steroid dienone is 3. The topological polar surface area (TPSA) is 0 Å². The molecular formula is C23H28. The first-order valence-electron chi connectivity index (χ1n) is 8.25. The zero-order valence-electron chi connectivity index (χ0n) is 15.6. The zero-order chi connectivity index (χ0) is 17.3. The molecule has 0 saturated heterocycles. The van der Waals surface area contributed by atoms with E-state index in [0.29, 0.717) is 0 Å². The number of hydrogen-bond donors (Lipinski definition) is 0. The fourth-order valence-corrected chi connectivity index (χ4v) is 3.05. The Labute approximate surface area is 141 Å². The maximum absolute atomic E-state index is 4.37. The summed E-state index contributed by atoms with van der Waals surface area (Å²) in [6.45, 7) is 19.6. The fourth-order valence-electron chi connectivity index (χ4n) is 3.05. The van der Waals surface area contributed by atoms with Gasteiger partial charge in [-0.25, -0.2) is 0 Å². The molecule has 0 aromatic heterocycles. The van der Waals surface area contributed by atoms with Crippen LogP contribution in [0, 0.1) is 34.6 Å². The van der Waals surface area contributed by atoms with Gasteiger partial charge < -0.3 is 0 Å². The van der Waals surface area contributed by atoms with Crippen LogP contribution in [0.3, 0.4) is 0 Å². The van der Waals surface area contributed by atoms with Gasteiger partial charge in [0, 0.05) is 0 Å². The van der Waals surface area contributed by atoms with Gasteiger partial charge in [0.15, 0.2) is 0 Å². The van der Waals surface area contributed by atoms with E-state index in [1.54, 1.807) is 0 Å². The molecule has 0 radical (unpaired) electrons. The molecule has 0 amide bonds. The Bertz CT molecular complexity index is 778. The zero-order valence-corrected chi connectivity index (χ0v) is 15.6. The summed E-state index contributed by atoms with van der Waals surface area (Å²) in [6, 6.07) is 11.2. The minimum absolute atomic E-state index is 1.12. The van der Waals surface area contributed by atoms with Crippen LogP contribution in [0.5, 0.6) is 0 Å². The van der Waals surface area contributed by atoms with E-state index in [2.05, 4.69) is 85.4 Å². The van der Waals surface area contributed by atoms with Crippen molar-refractivity contribution in [1.29, 1.82) is 0 Å². The van der Waals surface area contributed by atoms with Gasteiger partial charge in [0.25, 0.3) is 0 Å². The van der Waals surface area contributed by atoms with Gasteiger partial charge in [0.2, 0.25) is 0 Å². The second-order valence-corrected chi connectivity index (χ2v) is 6.78. The fraction of sp³-hybridized carbons (Fsp3) is 0.304. The minimum atomic E-state index is 1.12. The maximum atomic E-state index is 4.37. The van der Waals surface area contributed by atoms with Crippen molar-refractivity contribution in [3.63, 3.8) is 0 Å². The molecule has 0 spiro atoms. The lowest BCUT2D eigenvalue weighted by atomic mass is 9.89. The van der Waals surface area contributed by atoms with Crippen molar-refractivity contribution in [3.8, 4) is 0 Å². The largest absolute Gasteiger partial charge is 0.0909 e. The Hall–Kier alpha value is -2.08. The summed E-state index contributed by atoms with van der Waals surface area (Å²) in [5.41, 5.74) is 12.9. The van der Waals surface area contributed by atoms with Crippen LogP contribution in [0.2, 0.25) is 0 Å². The van der Waals surface area contributed by atoms with Crippen molar-refractivity contribution in [2.45, 2.75) is 48.5 Å². The Kier molecular flexibility index (Phi) is 4.94. The minimum Gasteiger partial charge on any atom is -0.0909 e. The summed E-state index contributed by atoms with van der Waals surface area (Å²) >= 11 is 0. The normalized spacial score (nSPS) is 12.1. The van der Waals surface area contributed by atoms with Crippen LogP contribution >= 0.6 is 0 Å². The molecule has 2 aromatic carbocycles. The van der Waals surface area contributed by atoms with Crippen molar-refractivity contribution >= 4 is 11.1 Å². The summed E-state index contributed by atoms with van der Waals surface area (Å²) in [6.07, 6.45) is 0. The Morgan fingerprint density at radius 2 is 1.35 bits per heavy atom. The molecule has 0 atom stereocenters. The molecule has 0 saturated carbocycles. The van der Waals surface area contributed by atoms with E-state index in [1.807, 2.05) is 0 Å². The molecule has 0 bridgehead atoms. The third kappa shape index (κ3) is 3.47. The van der Waals surface area contributed by atoms with Gasteiger partial charge >= 0.3 is 0 Å². The standard InChI is InChI=1S/C23H28/c1-14-9-10-23(17(4)11-14)21(8)19(6)20(7)22-12-15(2)18(5)16(3)13-22/h9-13H,8H2,1-7H3/b20-19+. The first kappa shape index (κ1) is 17.3. The number of aryl methyl sites for hydroxylation is 4. The van der Waals surface area contributed by atoms with Crippen LogP contribution in [0.15, 0.2) is 42.5 Å². The van der Waals surface area contributed by atoms with Crippen molar-refractivity contribution in [1.82, 2.24) is 0 Å². The summed E-state index contributed by atoms with van der Waals surface area (Å²) in [5, 5.41) is 0. The van der Waals surface area contributed by atoms with E-state index in [9.17, 15) is 0 Å². The lowest BCUT2D eigenvalue weighted by Crippen LogP contribution is -1.95. The molecule has 0 heterocycles. The first-order chi connectivity index (χ1) is 10.7. The van der Waals surface area contributed by atoms with E-state index in [0.717, 1.165) is 5.57 Å². The Morgan fingerprint density at radius 3 is 1.87 bits per heavy atom. The van der Waals surface area contributed by atoms with Crippen molar-refractivity contribution < 1.29 is 0 Å². The Morgan fingerprint density at radius 1 is 0.783 bits per heavy atom. The van der Waals surface area contributed by atoms with Gasteiger partial charge in [-0.1, -0.05) is 42.5 Å². The van der Waals surface area contributed by atoms with Gasteiger partial charge in [-0.3, -0.25) is 0 Å². The monoisotopic (exact) mass is 304 g/mol. The highest BCUT2D eigenvalue weighted by Crippen LogP contribution is 2.31. The molecule has 0 heteroatoms. The van der Waals surface area contributed by atoms with E-state index >= 15 is 0 Å². The third-order valence-corrected chi connectivity index (χ3v) is 5.08. The Balaban J connectivity index is 2.49. The van der Waals surface area contributed by atoms with Crippen molar-refractivity contribution in [2.75, 3.05) is 0 Å². The van der Waals surface area contributed by atoms with E-state index in [-0.39, 0.29) is 0 Å². The van der Waals surface area contributed by atoms with Crippen LogP contribution in [0.1, 0.15) is 52.8 Å². The van der Waals surface area contributed by atoms with Crippen molar-refractivity contribution in [2.24, 2.45) is 0 Å². The lowest BCUT2D eigenvalue weighted by Gasteiger charge is -2.16. The van der Waals surface area contributed by atoms with Gasteiger partial charge in [-0.05, 0) is 98.6 Å². The highest BCUT2D eigenvalue weighted by atomic mass is 14.1. The lowest BCUT2D eigenvalue weighted by molar-refractivity contribution is 1.25. The SMILES string of the molecule is C=C(/C(C)=C(\C)c1cc(C)c(C)c(C)c1)c1ccc(C)cc1C.